The molecular formula is C14H22N2O2. The molecule has 18 heavy (non-hydrogen) atoms. The van der Waals surface area contributed by atoms with Crippen molar-refractivity contribution >= 4 is 0 Å². The maximum absolute atomic E-state index is 11.9. The molecule has 0 amide bonds. The number of hydrogen-bond acceptors (Lipinski definition) is 3. The van der Waals surface area contributed by atoms with E-state index in [0.717, 1.165) is 45.7 Å². The molecular weight excluding hydrogens is 228 g/mol. The molecule has 1 aliphatic rings. The molecule has 100 valence electrons. The third-order valence-corrected chi connectivity index (χ3v) is 3.39. The smallest absolute Gasteiger partial charge is 0.250 e. The molecule has 1 aromatic heterocycles. The maximum Gasteiger partial charge on any atom is 0.250 e. The Morgan fingerprint density at radius 3 is 3.06 bits per heavy atom. The highest BCUT2D eigenvalue weighted by Gasteiger charge is 2.14. The highest BCUT2D eigenvalue weighted by molar-refractivity contribution is 5.25. The first kappa shape index (κ1) is 13.3. The van der Waals surface area contributed by atoms with Gasteiger partial charge in [-0.25, -0.2) is 0 Å². The van der Waals surface area contributed by atoms with E-state index < -0.39 is 0 Å². The van der Waals surface area contributed by atoms with Gasteiger partial charge in [-0.1, -0.05) is 6.07 Å². The topological polar surface area (TPSA) is 43.3 Å². The van der Waals surface area contributed by atoms with Gasteiger partial charge in [-0.3, -0.25) is 4.79 Å². The van der Waals surface area contributed by atoms with Crippen molar-refractivity contribution in [2.24, 2.45) is 0 Å². The second-order valence-electron chi connectivity index (χ2n) is 4.60. The summed E-state index contributed by atoms with van der Waals surface area (Å²) in [7, 11) is 0. The molecule has 4 nitrogen and oxygen atoms in total. The Kier molecular flexibility index (Phi) is 4.96. The normalized spacial score (nSPS) is 13.8. The van der Waals surface area contributed by atoms with E-state index in [2.05, 4.69) is 5.32 Å². The van der Waals surface area contributed by atoms with Gasteiger partial charge in [0.25, 0.3) is 5.56 Å². The van der Waals surface area contributed by atoms with Gasteiger partial charge in [-0.05, 0) is 31.7 Å². The molecule has 1 aliphatic carbocycles. The minimum Gasteiger partial charge on any atom is -0.380 e. The molecule has 0 fully saturated rings. The number of aryl methyl sites for hydroxylation is 1. The molecule has 0 spiro atoms. The van der Waals surface area contributed by atoms with Crippen LogP contribution in [0.5, 0.6) is 0 Å². The summed E-state index contributed by atoms with van der Waals surface area (Å²) in [4.78, 5) is 11.9. The summed E-state index contributed by atoms with van der Waals surface area (Å²) < 4.78 is 7.18. The molecule has 0 unspecified atom stereocenters. The number of aromatic nitrogens is 1. The SMILES string of the molecule is CCOCCNCCn1c2c(ccc1=O)CCC2. The van der Waals surface area contributed by atoms with Gasteiger partial charge in [-0.2, -0.15) is 0 Å². The summed E-state index contributed by atoms with van der Waals surface area (Å²) in [5, 5.41) is 3.30. The molecule has 0 atom stereocenters. The minimum absolute atomic E-state index is 0.127. The third kappa shape index (κ3) is 3.21. The fraction of sp³-hybridized carbons (Fsp3) is 0.643. The van der Waals surface area contributed by atoms with Gasteiger partial charge >= 0.3 is 0 Å². The van der Waals surface area contributed by atoms with Crippen LogP contribution in [0.3, 0.4) is 0 Å². The van der Waals surface area contributed by atoms with Gasteiger partial charge in [0.15, 0.2) is 0 Å². The molecule has 0 aromatic carbocycles. The van der Waals surface area contributed by atoms with Crippen molar-refractivity contribution in [1.29, 1.82) is 0 Å². The Balaban J connectivity index is 1.86. The van der Waals surface area contributed by atoms with Crippen LogP contribution in [-0.4, -0.2) is 30.9 Å². The fourth-order valence-electron chi connectivity index (χ4n) is 2.48. The van der Waals surface area contributed by atoms with Crippen LogP contribution in [0.15, 0.2) is 16.9 Å². The standard InChI is InChI=1S/C14H22N2O2/c1-2-18-11-9-15-8-10-16-13-5-3-4-12(13)6-7-14(16)17/h6-7,15H,2-5,8-11H2,1H3. The Bertz CT molecular complexity index is 440. The summed E-state index contributed by atoms with van der Waals surface area (Å²) in [6.45, 7) is 5.91. The number of ether oxygens (including phenoxy) is 1. The Labute approximate surface area is 108 Å². The number of nitrogens with zero attached hydrogens (tertiary/aromatic N) is 1. The van der Waals surface area contributed by atoms with Crippen LogP contribution in [-0.2, 0) is 24.1 Å². The number of rotatable bonds is 7. The van der Waals surface area contributed by atoms with Crippen LogP contribution in [0.25, 0.3) is 0 Å². The zero-order valence-electron chi connectivity index (χ0n) is 11.1. The number of hydrogen-bond donors (Lipinski definition) is 1. The van der Waals surface area contributed by atoms with Gasteiger partial charge < -0.3 is 14.6 Å². The van der Waals surface area contributed by atoms with Crippen molar-refractivity contribution in [2.45, 2.75) is 32.7 Å². The molecule has 1 heterocycles. The van der Waals surface area contributed by atoms with E-state index in [1.165, 1.54) is 17.7 Å². The highest BCUT2D eigenvalue weighted by Crippen LogP contribution is 2.19. The lowest BCUT2D eigenvalue weighted by atomic mass is 10.2. The predicted molar refractivity (Wildman–Crippen MR) is 72.1 cm³/mol. The van der Waals surface area contributed by atoms with E-state index in [1.807, 2.05) is 17.6 Å². The molecule has 2 rings (SSSR count). The molecule has 1 aromatic rings. The number of pyridine rings is 1. The Morgan fingerprint density at radius 2 is 2.22 bits per heavy atom. The fourth-order valence-corrected chi connectivity index (χ4v) is 2.48. The first-order valence-electron chi connectivity index (χ1n) is 6.83. The van der Waals surface area contributed by atoms with E-state index in [0.29, 0.717) is 0 Å². The highest BCUT2D eigenvalue weighted by atomic mass is 16.5. The van der Waals surface area contributed by atoms with Gasteiger partial charge in [0.05, 0.1) is 6.61 Å². The average molecular weight is 250 g/mol. The van der Waals surface area contributed by atoms with E-state index in [9.17, 15) is 4.79 Å². The lowest BCUT2D eigenvalue weighted by molar-refractivity contribution is 0.149. The average Bonchev–Trinajstić information content (AvgIpc) is 2.84. The first-order chi connectivity index (χ1) is 8.83. The zero-order valence-corrected chi connectivity index (χ0v) is 11.1. The third-order valence-electron chi connectivity index (χ3n) is 3.39. The van der Waals surface area contributed by atoms with Crippen molar-refractivity contribution in [2.75, 3.05) is 26.3 Å². The van der Waals surface area contributed by atoms with Gasteiger partial charge in [-0.15, -0.1) is 0 Å². The van der Waals surface area contributed by atoms with Crippen LogP contribution in [0.2, 0.25) is 0 Å². The number of nitrogens with one attached hydrogen (secondary N) is 1. The van der Waals surface area contributed by atoms with Crippen molar-refractivity contribution < 1.29 is 4.74 Å². The minimum atomic E-state index is 0.127. The molecule has 0 saturated carbocycles. The van der Waals surface area contributed by atoms with E-state index >= 15 is 0 Å². The Hall–Kier alpha value is -1.13. The van der Waals surface area contributed by atoms with Crippen LogP contribution in [0, 0.1) is 0 Å². The summed E-state index contributed by atoms with van der Waals surface area (Å²) in [6.07, 6.45) is 3.34. The lowest BCUT2D eigenvalue weighted by Crippen LogP contribution is -2.30. The van der Waals surface area contributed by atoms with Gasteiger partial charge in [0, 0.05) is 38.0 Å². The predicted octanol–water partition coefficient (Wildman–Crippen LogP) is 0.963. The van der Waals surface area contributed by atoms with Crippen molar-refractivity contribution in [3.8, 4) is 0 Å². The van der Waals surface area contributed by atoms with Gasteiger partial charge in [0.2, 0.25) is 0 Å². The van der Waals surface area contributed by atoms with E-state index in [-0.39, 0.29) is 5.56 Å². The van der Waals surface area contributed by atoms with Crippen molar-refractivity contribution in [1.82, 2.24) is 9.88 Å². The van der Waals surface area contributed by atoms with E-state index in [4.69, 9.17) is 4.74 Å². The molecule has 1 N–H and O–H groups in total. The maximum atomic E-state index is 11.9. The monoisotopic (exact) mass is 250 g/mol. The summed E-state index contributed by atoms with van der Waals surface area (Å²) >= 11 is 0. The second kappa shape index (κ2) is 6.71. The van der Waals surface area contributed by atoms with Crippen LogP contribution in [0.4, 0.5) is 0 Å². The van der Waals surface area contributed by atoms with Crippen LogP contribution in [0.1, 0.15) is 24.6 Å². The quantitative estimate of drug-likeness (QED) is 0.733. The summed E-state index contributed by atoms with van der Waals surface area (Å²) in [5.41, 5.74) is 2.72. The first-order valence-corrected chi connectivity index (χ1v) is 6.83. The van der Waals surface area contributed by atoms with Gasteiger partial charge in [0.1, 0.15) is 0 Å². The summed E-state index contributed by atoms with van der Waals surface area (Å²) in [6, 6.07) is 3.69. The van der Waals surface area contributed by atoms with Crippen LogP contribution < -0.4 is 10.9 Å². The Morgan fingerprint density at radius 1 is 1.33 bits per heavy atom. The summed E-state index contributed by atoms with van der Waals surface area (Å²) in [5.74, 6) is 0. The van der Waals surface area contributed by atoms with E-state index in [1.54, 1.807) is 6.07 Å². The molecule has 0 saturated heterocycles. The van der Waals surface area contributed by atoms with Crippen LogP contribution >= 0.6 is 0 Å². The van der Waals surface area contributed by atoms with Crippen molar-refractivity contribution in [3.63, 3.8) is 0 Å². The molecule has 0 aliphatic heterocycles. The van der Waals surface area contributed by atoms with Crippen molar-refractivity contribution in [3.05, 3.63) is 33.7 Å². The zero-order chi connectivity index (χ0) is 12.8. The number of fused-ring (bicyclic) bond motifs is 1. The largest absolute Gasteiger partial charge is 0.380 e. The molecule has 0 radical (unpaired) electrons. The molecule has 4 heteroatoms. The lowest BCUT2D eigenvalue weighted by Gasteiger charge is -2.12. The molecule has 0 bridgehead atoms. The second-order valence-corrected chi connectivity index (χ2v) is 4.60.